The van der Waals surface area contributed by atoms with Crippen molar-refractivity contribution in [3.8, 4) is 0 Å². The van der Waals surface area contributed by atoms with Crippen LogP contribution in [0.2, 0.25) is 0 Å². The summed E-state index contributed by atoms with van der Waals surface area (Å²) in [6.45, 7) is 11.8. The molecule has 160 valence electrons. The van der Waals surface area contributed by atoms with E-state index in [1.54, 1.807) is 31.2 Å². The summed E-state index contributed by atoms with van der Waals surface area (Å²) in [4.78, 5) is 24.7. The Kier molecular flexibility index (Phi) is 6.44. The van der Waals surface area contributed by atoms with Gasteiger partial charge < -0.3 is 4.74 Å². The van der Waals surface area contributed by atoms with Gasteiger partial charge in [0.1, 0.15) is 6.61 Å². The molecule has 0 radical (unpaired) electrons. The van der Waals surface area contributed by atoms with Gasteiger partial charge in [-0.3, -0.25) is 4.79 Å². The molecule has 0 aliphatic carbocycles. The van der Waals surface area contributed by atoms with Gasteiger partial charge in [0.15, 0.2) is 6.04 Å². The SMILES string of the molecule is C=CCOC(=O)c1ccc(N2N=C(C)C(N=Nc3ccc(C(C)(C)C)cc3)C2=O)cc1. The molecule has 31 heavy (non-hydrogen) atoms. The van der Waals surface area contributed by atoms with Gasteiger partial charge in [0.2, 0.25) is 0 Å². The Morgan fingerprint density at radius 1 is 1.16 bits per heavy atom. The second kappa shape index (κ2) is 9.04. The Bertz CT molecular complexity index is 1030. The van der Waals surface area contributed by atoms with E-state index in [-0.39, 0.29) is 17.9 Å². The first-order valence-electron chi connectivity index (χ1n) is 9.99. The number of benzene rings is 2. The molecule has 0 saturated heterocycles. The molecule has 0 saturated carbocycles. The van der Waals surface area contributed by atoms with Crippen LogP contribution in [0.15, 0.2) is 76.5 Å². The Balaban J connectivity index is 1.70. The van der Waals surface area contributed by atoms with Crippen molar-refractivity contribution in [1.29, 1.82) is 0 Å². The number of esters is 1. The highest BCUT2D eigenvalue weighted by Gasteiger charge is 2.34. The van der Waals surface area contributed by atoms with Crippen LogP contribution in [0.5, 0.6) is 0 Å². The minimum atomic E-state index is -0.778. The zero-order valence-electron chi connectivity index (χ0n) is 18.2. The monoisotopic (exact) mass is 418 g/mol. The van der Waals surface area contributed by atoms with E-state index >= 15 is 0 Å². The molecule has 3 rings (SSSR count). The number of ether oxygens (including phenoxy) is 1. The fraction of sp³-hybridized carbons (Fsp3) is 0.292. The zero-order chi connectivity index (χ0) is 22.6. The number of rotatable bonds is 6. The Hall–Kier alpha value is -3.61. The van der Waals surface area contributed by atoms with E-state index in [0.717, 1.165) is 0 Å². The summed E-state index contributed by atoms with van der Waals surface area (Å²) in [7, 11) is 0. The normalized spacial score (nSPS) is 16.5. The molecule has 1 aliphatic rings. The standard InChI is InChI=1S/C24H26N4O3/c1-6-15-31-23(30)17-7-13-20(14-8-17)28-22(29)21(16(2)27-28)26-25-19-11-9-18(10-12-19)24(3,4)5/h6-14,21H,1,15H2,2-5H3. The fourth-order valence-corrected chi connectivity index (χ4v) is 2.98. The number of azo groups is 1. The second-order valence-corrected chi connectivity index (χ2v) is 8.24. The van der Waals surface area contributed by atoms with Gasteiger partial charge in [-0.2, -0.15) is 20.3 Å². The molecule has 7 nitrogen and oxygen atoms in total. The van der Waals surface area contributed by atoms with Crippen molar-refractivity contribution in [2.24, 2.45) is 15.3 Å². The molecule has 2 aromatic carbocycles. The molecule has 0 N–H and O–H groups in total. The third-order valence-corrected chi connectivity index (χ3v) is 4.80. The van der Waals surface area contributed by atoms with E-state index in [2.05, 4.69) is 42.7 Å². The first-order valence-corrected chi connectivity index (χ1v) is 9.99. The van der Waals surface area contributed by atoms with Crippen LogP contribution in [0.4, 0.5) is 11.4 Å². The van der Waals surface area contributed by atoms with Gasteiger partial charge in [0.25, 0.3) is 5.91 Å². The van der Waals surface area contributed by atoms with Crippen molar-refractivity contribution in [3.05, 3.63) is 72.3 Å². The minimum absolute atomic E-state index is 0.0543. The van der Waals surface area contributed by atoms with Gasteiger partial charge in [-0.25, -0.2) is 4.79 Å². The molecule has 1 heterocycles. The smallest absolute Gasteiger partial charge is 0.338 e. The third kappa shape index (κ3) is 5.12. The highest BCUT2D eigenvalue weighted by atomic mass is 16.5. The first kappa shape index (κ1) is 22.1. The summed E-state index contributed by atoms with van der Waals surface area (Å²) in [6, 6.07) is 13.5. The summed E-state index contributed by atoms with van der Waals surface area (Å²) in [5.74, 6) is -0.752. The second-order valence-electron chi connectivity index (χ2n) is 8.24. The van der Waals surface area contributed by atoms with Crippen LogP contribution < -0.4 is 5.01 Å². The van der Waals surface area contributed by atoms with Crippen molar-refractivity contribution in [2.75, 3.05) is 11.6 Å². The number of carbonyl (C=O) groups excluding carboxylic acids is 2. The number of carbonyl (C=O) groups is 2. The van der Waals surface area contributed by atoms with E-state index in [1.165, 1.54) is 16.6 Å². The zero-order valence-corrected chi connectivity index (χ0v) is 18.2. The van der Waals surface area contributed by atoms with Crippen LogP contribution >= 0.6 is 0 Å². The van der Waals surface area contributed by atoms with Crippen molar-refractivity contribution in [2.45, 2.75) is 39.2 Å². The van der Waals surface area contributed by atoms with Gasteiger partial charge in [0.05, 0.1) is 22.6 Å². The first-order chi connectivity index (χ1) is 14.7. The number of hydrogen-bond donors (Lipinski definition) is 0. The molecule has 1 amide bonds. The van der Waals surface area contributed by atoms with E-state index in [1.807, 2.05) is 24.3 Å². The number of nitrogens with zero attached hydrogens (tertiary/aromatic N) is 4. The Morgan fingerprint density at radius 3 is 2.39 bits per heavy atom. The van der Waals surface area contributed by atoms with Gasteiger partial charge in [-0.1, -0.05) is 45.6 Å². The van der Waals surface area contributed by atoms with Crippen LogP contribution in [0.25, 0.3) is 0 Å². The molecule has 2 aromatic rings. The lowest BCUT2D eigenvalue weighted by Crippen LogP contribution is -2.29. The predicted molar refractivity (Wildman–Crippen MR) is 121 cm³/mol. The minimum Gasteiger partial charge on any atom is -0.458 e. The number of amides is 1. The van der Waals surface area contributed by atoms with Gasteiger partial charge in [-0.05, 0) is 54.3 Å². The lowest BCUT2D eigenvalue weighted by molar-refractivity contribution is -0.117. The van der Waals surface area contributed by atoms with Crippen molar-refractivity contribution < 1.29 is 14.3 Å². The number of hydrazone groups is 1. The van der Waals surface area contributed by atoms with Crippen LogP contribution in [0, 0.1) is 0 Å². The lowest BCUT2D eigenvalue weighted by Gasteiger charge is -2.18. The van der Waals surface area contributed by atoms with Crippen LogP contribution in [0.1, 0.15) is 43.6 Å². The van der Waals surface area contributed by atoms with E-state index in [9.17, 15) is 9.59 Å². The maximum atomic E-state index is 12.8. The Labute approximate surface area is 182 Å². The maximum Gasteiger partial charge on any atom is 0.338 e. The summed E-state index contributed by atoms with van der Waals surface area (Å²) >= 11 is 0. The van der Waals surface area contributed by atoms with Crippen molar-refractivity contribution in [1.82, 2.24) is 0 Å². The van der Waals surface area contributed by atoms with E-state index in [4.69, 9.17) is 4.74 Å². The molecule has 0 bridgehead atoms. The highest BCUT2D eigenvalue weighted by molar-refractivity contribution is 6.18. The molecular formula is C24H26N4O3. The van der Waals surface area contributed by atoms with Gasteiger partial charge in [-0.15, -0.1) is 0 Å². The van der Waals surface area contributed by atoms with Crippen molar-refractivity contribution >= 4 is 29.0 Å². The quantitative estimate of drug-likeness (QED) is 0.367. The van der Waals surface area contributed by atoms with Crippen molar-refractivity contribution in [3.63, 3.8) is 0 Å². The topological polar surface area (TPSA) is 83.7 Å². The summed E-state index contributed by atoms with van der Waals surface area (Å²) < 4.78 is 5.01. The highest BCUT2D eigenvalue weighted by Crippen LogP contribution is 2.26. The summed E-state index contributed by atoms with van der Waals surface area (Å²) in [5.41, 5.74) is 3.40. The van der Waals surface area contributed by atoms with Crippen LogP contribution in [-0.4, -0.2) is 30.2 Å². The van der Waals surface area contributed by atoms with Crippen LogP contribution in [-0.2, 0) is 14.9 Å². The molecule has 1 aliphatic heterocycles. The molecular weight excluding hydrogens is 392 g/mol. The molecule has 1 unspecified atom stereocenters. The van der Waals surface area contributed by atoms with Gasteiger partial charge in [0, 0.05) is 0 Å². The predicted octanol–water partition coefficient (Wildman–Crippen LogP) is 5.20. The fourth-order valence-electron chi connectivity index (χ4n) is 2.98. The average Bonchev–Trinajstić information content (AvgIpc) is 3.03. The summed E-state index contributed by atoms with van der Waals surface area (Å²) in [6.07, 6.45) is 1.50. The lowest BCUT2D eigenvalue weighted by atomic mass is 9.87. The number of anilines is 1. The maximum absolute atomic E-state index is 12.8. The summed E-state index contributed by atoms with van der Waals surface area (Å²) in [5, 5.41) is 14.1. The van der Waals surface area contributed by atoms with E-state index < -0.39 is 12.0 Å². The molecule has 7 heteroatoms. The molecule has 0 aromatic heterocycles. The largest absolute Gasteiger partial charge is 0.458 e. The molecule has 0 fully saturated rings. The van der Waals surface area contributed by atoms with Crippen LogP contribution in [0.3, 0.4) is 0 Å². The number of hydrogen-bond acceptors (Lipinski definition) is 6. The third-order valence-electron chi connectivity index (χ3n) is 4.80. The average molecular weight is 418 g/mol. The Morgan fingerprint density at radius 2 is 1.81 bits per heavy atom. The molecule has 1 atom stereocenters. The van der Waals surface area contributed by atoms with E-state index in [0.29, 0.717) is 22.6 Å². The molecule has 0 spiro atoms. The van der Waals surface area contributed by atoms with Gasteiger partial charge >= 0.3 is 5.97 Å².